The summed E-state index contributed by atoms with van der Waals surface area (Å²) < 4.78 is 0.868. The van der Waals surface area contributed by atoms with Gasteiger partial charge in [-0.1, -0.05) is 12.1 Å². The predicted molar refractivity (Wildman–Crippen MR) is 69.1 cm³/mol. The van der Waals surface area contributed by atoms with Crippen LogP contribution in [0.1, 0.15) is 6.42 Å². The monoisotopic (exact) mass is 280 g/mol. The quantitative estimate of drug-likeness (QED) is 0.640. The topological polar surface area (TPSA) is 41.1 Å². The number of carbonyl (C=O) groups excluding carboxylic acids is 1. The molecule has 1 amide bonds. The van der Waals surface area contributed by atoms with E-state index < -0.39 is 0 Å². The van der Waals surface area contributed by atoms with Crippen LogP contribution in [0.3, 0.4) is 0 Å². The molecule has 0 spiro atoms. The summed E-state index contributed by atoms with van der Waals surface area (Å²) in [5.74, 6) is 2.42. The molecule has 0 aliphatic rings. The second-order valence-corrected chi connectivity index (χ2v) is 4.01. The molecular formula is C12H13BrN2O. The molecule has 1 aromatic carbocycles. The molecule has 0 saturated carbocycles. The molecule has 0 atom stereocenters. The van der Waals surface area contributed by atoms with Crippen LogP contribution in [0, 0.1) is 12.3 Å². The molecule has 0 heterocycles. The van der Waals surface area contributed by atoms with Gasteiger partial charge in [0.1, 0.15) is 0 Å². The molecule has 0 aliphatic heterocycles. The molecule has 84 valence electrons. The molecular weight excluding hydrogens is 268 g/mol. The highest BCUT2D eigenvalue weighted by atomic mass is 79.9. The van der Waals surface area contributed by atoms with Crippen LogP contribution < -0.4 is 10.6 Å². The van der Waals surface area contributed by atoms with Gasteiger partial charge in [0.15, 0.2) is 0 Å². The van der Waals surface area contributed by atoms with Gasteiger partial charge in [-0.25, -0.2) is 0 Å². The first-order valence-corrected chi connectivity index (χ1v) is 5.72. The van der Waals surface area contributed by atoms with E-state index in [4.69, 9.17) is 6.42 Å². The van der Waals surface area contributed by atoms with Gasteiger partial charge in [-0.05, 0) is 28.1 Å². The molecule has 1 aromatic rings. The third-order valence-electron chi connectivity index (χ3n) is 1.88. The Kier molecular flexibility index (Phi) is 5.62. The highest BCUT2D eigenvalue weighted by Crippen LogP contribution is 2.20. The van der Waals surface area contributed by atoms with Crippen molar-refractivity contribution in [3.63, 3.8) is 0 Å². The number of hydrogen-bond acceptors (Lipinski definition) is 2. The molecule has 4 heteroatoms. The van der Waals surface area contributed by atoms with Crippen LogP contribution in [0.5, 0.6) is 0 Å². The zero-order chi connectivity index (χ0) is 11.8. The minimum absolute atomic E-state index is 0.0797. The van der Waals surface area contributed by atoms with E-state index in [1.54, 1.807) is 0 Å². The van der Waals surface area contributed by atoms with Gasteiger partial charge in [0.25, 0.3) is 0 Å². The maximum atomic E-state index is 11.5. The fraction of sp³-hybridized carbons (Fsp3) is 0.250. The summed E-state index contributed by atoms with van der Waals surface area (Å²) in [6.07, 6.45) is 5.72. The van der Waals surface area contributed by atoms with Crippen molar-refractivity contribution < 1.29 is 4.79 Å². The van der Waals surface area contributed by atoms with E-state index >= 15 is 0 Å². The van der Waals surface area contributed by atoms with Crippen LogP contribution in [0.2, 0.25) is 0 Å². The number of nitrogens with one attached hydrogen (secondary N) is 2. The number of anilines is 1. The molecule has 0 fully saturated rings. The van der Waals surface area contributed by atoms with Gasteiger partial charge in [0.05, 0.1) is 12.2 Å². The van der Waals surface area contributed by atoms with E-state index in [1.165, 1.54) is 0 Å². The summed E-state index contributed by atoms with van der Waals surface area (Å²) in [5, 5.41) is 5.74. The Labute approximate surface area is 104 Å². The summed E-state index contributed by atoms with van der Waals surface area (Å²) in [4.78, 5) is 11.5. The molecule has 0 aliphatic carbocycles. The molecule has 1 rings (SSSR count). The first-order chi connectivity index (χ1) is 7.74. The lowest BCUT2D eigenvalue weighted by atomic mass is 10.3. The Balaban J connectivity index is 2.35. The molecule has 0 saturated heterocycles. The van der Waals surface area contributed by atoms with Crippen LogP contribution in [0.15, 0.2) is 28.7 Å². The number of para-hydroxylation sites is 1. The van der Waals surface area contributed by atoms with E-state index in [0.717, 1.165) is 10.2 Å². The maximum absolute atomic E-state index is 11.5. The standard InChI is InChI=1S/C12H13BrN2O/c1-2-3-8-14-9-12(16)15-11-7-5-4-6-10(11)13/h1,4-7,14H,3,8-9H2,(H,15,16). The van der Waals surface area contributed by atoms with Crippen LogP contribution >= 0.6 is 15.9 Å². The number of amides is 1. The van der Waals surface area contributed by atoms with Crippen molar-refractivity contribution >= 4 is 27.5 Å². The SMILES string of the molecule is C#CCCNCC(=O)Nc1ccccc1Br. The number of rotatable bonds is 5. The van der Waals surface area contributed by atoms with Crippen molar-refractivity contribution in [3.05, 3.63) is 28.7 Å². The second kappa shape index (κ2) is 7.04. The van der Waals surface area contributed by atoms with Gasteiger partial charge in [-0.2, -0.15) is 0 Å². The van der Waals surface area contributed by atoms with E-state index in [2.05, 4.69) is 32.5 Å². The predicted octanol–water partition coefficient (Wildman–Crippen LogP) is 2.00. The molecule has 3 nitrogen and oxygen atoms in total. The molecule has 0 unspecified atom stereocenters. The average molecular weight is 281 g/mol. The number of terminal acetylenes is 1. The Hall–Kier alpha value is -1.31. The fourth-order valence-corrected chi connectivity index (χ4v) is 1.50. The molecule has 2 N–H and O–H groups in total. The minimum atomic E-state index is -0.0797. The lowest BCUT2D eigenvalue weighted by Gasteiger charge is -2.07. The zero-order valence-corrected chi connectivity index (χ0v) is 10.4. The minimum Gasteiger partial charge on any atom is -0.324 e. The van der Waals surface area contributed by atoms with Crippen molar-refractivity contribution in [1.82, 2.24) is 5.32 Å². The third kappa shape index (κ3) is 4.47. The highest BCUT2D eigenvalue weighted by Gasteiger charge is 2.03. The normalized spacial score (nSPS) is 9.50. The molecule has 0 aromatic heterocycles. The summed E-state index contributed by atoms with van der Waals surface area (Å²) in [6, 6.07) is 7.47. The summed E-state index contributed by atoms with van der Waals surface area (Å²) in [7, 11) is 0. The summed E-state index contributed by atoms with van der Waals surface area (Å²) >= 11 is 3.36. The van der Waals surface area contributed by atoms with Crippen molar-refractivity contribution in [3.8, 4) is 12.3 Å². The van der Waals surface area contributed by atoms with Crippen LogP contribution in [-0.2, 0) is 4.79 Å². The zero-order valence-electron chi connectivity index (χ0n) is 8.79. The Bertz CT molecular complexity index is 398. The molecule has 16 heavy (non-hydrogen) atoms. The van der Waals surface area contributed by atoms with Crippen molar-refractivity contribution in [2.45, 2.75) is 6.42 Å². The van der Waals surface area contributed by atoms with E-state index in [1.807, 2.05) is 24.3 Å². The third-order valence-corrected chi connectivity index (χ3v) is 2.57. The van der Waals surface area contributed by atoms with Gasteiger partial charge in [-0.15, -0.1) is 12.3 Å². The average Bonchev–Trinajstić information content (AvgIpc) is 2.28. The smallest absolute Gasteiger partial charge is 0.238 e. The Morgan fingerprint density at radius 2 is 2.19 bits per heavy atom. The molecule has 0 bridgehead atoms. The van der Waals surface area contributed by atoms with Crippen LogP contribution in [0.4, 0.5) is 5.69 Å². The van der Waals surface area contributed by atoms with Gasteiger partial charge >= 0.3 is 0 Å². The number of hydrogen-bond donors (Lipinski definition) is 2. The molecule has 0 radical (unpaired) electrons. The number of halogens is 1. The first-order valence-electron chi connectivity index (χ1n) is 4.92. The fourth-order valence-electron chi connectivity index (χ4n) is 1.12. The highest BCUT2D eigenvalue weighted by molar-refractivity contribution is 9.10. The van der Waals surface area contributed by atoms with Crippen molar-refractivity contribution in [2.75, 3.05) is 18.4 Å². The van der Waals surface area contributed by atoms with Gasteiger partial charge in [0.2, 0.25) is 5.91 Å². The van der Waals surface area contributed by atoms with Gasteiger partial charge in [-0.3, -0.25) is 4.79 Å². The van der Waals surface area contributed by atoms with Crippen molar-refractivity contribution in [1.29, 1.82) is 0 Å². The largest absolute Gasteiger partial charge is 0.324 e. The van der Waals surface area contributed by atoms with Gasteiger partial charge in [0, 0.05) is 17.4 Å². The number of benzene rings is 1. The summed E-state index contributed by atoms with van der Waals surface area (Å²) in [5.41, 5.74) is 0.770. The van der Waals surface area contributed by atoms with E-state index in [0.29, 0.717) is 13.0 Å². The second-order valence-electron chi connectivity index (χ2n) is 3.16. The number of carbonyl (C=O) groups is 1. The van der Waals surface area contributed by atoms with Crippen LogP contribution in [-0.4, -0.2) is 19.0 Å². The van der Waals surface area contributed by atoms with Crippen LogP contribution in [0.25, 0.3) is 0 Å². The Morgan fingerprint density at radius 3 is 2.88 bits per heavy atom. The Morgan fingerprint density at radius 1 is 1.44 bits per heavy atom. The summed E-state index contributed by atoms with van der Waals surface area (Å²) in [6.45, 7) is 0.920. The lowest BCUT2D eigenvalue weighted by Crippen LogP contribution is -2.28. The van der Waals surface area contributed by atoms with E-state index in [9.17, 15) is 4.79 Å². The maximum Gasteiger partial charge on any atom is 0.238 e. The first kappa shape index (κ1) is 12.8. The van der Waals surface area contributed by atoms with Gasteiger partial charge < -0.3 is 10.6 Å². The van der Waals surface area contributed by atoms with Crippen molar-refractivity contribution in [2.24, 2.45) is 0 Å². The van der Waals surface area contributed by atoms with E-state index in [-0.39, 0.29) is 12.5 Å². The lowest BCUT2D eigenvalue weighted by molar-refractivity contribution is -0.115.